The molecule has 0 bridgehead atoms. The Kier molecular flexibility index (Phi) is 4.16. The zero-order valence-corrected chi connectivity index (χ0v) is 20.3. The first-order chi connectivity index (χ1) is 17.9. The van der Waals surface area contributed by atoms with Crippen molar-refractivity contribution < 1.29 is 0 Å². The van der Waals surface area contributed by atoms with Crippen molar-refractivity contribution in [3.63, 3.8) is 0 Å². The molecule has 0 saturated carbocycles. The van der Waals surface area contributed by atoms with Gasteiger partial charge in [-0.15, -0.1) is 11.3 Å². The van der Waals surface area contributed by atoms with E-state index < -0.39 is 0 Å². The molecule has 0 saturated heterocycles. The molecule has 0 aliphatic rings. The molecule has 6 aromatic carbocycles. The van der Waals surface area contributed by atoms with Gasteiger partial charge >= 0.3 is 0 Å². The highest BCUT2D eigenvalue weighted by Crippen LogP contribution is 2.42. The molecule has 0 fully saturated rings. The van der Waals surface area contributed by atoms with Crippen molar-refractivity contribution in [3.05, 3.63) is 127 Å². The first-order valence-electron chi connectivity index (χ1n) is 12.3. The van der Waals surface area contributed by atoms with E-state index in [4.69, 9.17) is 0 Å². The largest absolute Gasteiger partial charge is 0.309 e. The van der Waals surface area contributed by atoms with Gasteiger partial charge in [-0.1, -0.05) is 97.1 Å². The van der Waals surface area contributed by atoms with Crippen LogP contribution in [0.4, 0.5) is 0 Å². The van der Waals surface area contributed by atoms with Crippen LogP contribution in [0.1, 0.15) is 0 Å². The van der Waals surface area contributed by atoms with Crippen LogP contribution in [0.5, 0.6) is 0 Å². The van der Waals surface area contributed by atoms with E-state index in [9.17, 15) is 0 Å². The third-order valence-electron chi connectivity index (χ3n) is 7.40. The number of aromatic nitrogens is 1. The van der Waals surface area contributed by atoms with E-state index in [1.54, 1.807) is 0 Å². The average molecular weight is 476 g/mol. The highest BCUT2D eigenvalue weighted by atomic mass is 32.1. The molecule has 0 atom stereocenters. The molecular weight excluding hydrogens is 454 g/mol. The molecule has 36 heavy (non-hydrogen) atoms. The predicted molar refractivity (Wildman–Crippen MR) is 157 cm³/mol. The van der Waals surface area contributed by atoms with Crippen molar-refractivity contribution in [1.82, 2.24) is 4.57 Å². The number of thiophene rings is 1. The molecule has 0 spiro atoms. The van der Waals surface area contributed by atoms with Crippen LogP contribution in [0.15, 0.2) is 127 Å². The van der Waals surface area contributed by atoms with Crippen LogP contribution in [0.2, 0.25) is 0 Å². The van der Waals surface area contributed by atoms with Crippen molar-refractivity contribution in [2.75, 3.05) is 0 Å². The van der Waals surface area contributed by atoms with Crippen molar-refractivity contribution in [2.45, 2.75) is 0 Å². The summed E-state index contributed by atoms with van der Waals surface area (Å²) in [5.74, 6) is 0. The lowest BCUT2D eigenvalue weighted by molar-refractivity contribution is 1.20. The molecule has 8 rings (SSSR count). The standard InChI is InChI=1S/C34H21NS/c1-2-10-22(11-3-1)23-18-19-31(25-13-5-4-12-24(23)25)35-30-16-8-6-14-26(30)28-21-34-29(20-32(28)35)27-15-7-9-17-33(27)36-34/h1-21H. The van der Waals surface area contributed by atoms with Gasteiger partial charge < -0.3 is 4.57 Å². The summed E-state index contributed by atoms with van der Waals surface area (Å²) in [7, 11) is 0. The van der Waals surface area contributed by atoms with E-state index in [1.807, 2.05) is 11.3 Å². The molecule has 2 aromatic heterocycles. The van der Waals surface area contributed by atoms with Crippen molar-refractivity contribution in [2.24, 2.45) is 0 Å². The minimum Gasteiger partial charge on any atom is -0.309 e. The molecular formula is C34H21NS. The van der Waals surface area contributed by atoms with Gasteiger partial charge in [0.05, 0.1) is 16.7 Å². The summed E-state index contributed by atoms with van der Waals surface area (Å²) >= 11 is 1.88. The first-order valence-corrected chi connectivity index (χ1v) is 13.1. The van der Waals surface area contributed by atoms with Crippen LogP contribution >= 0.6 is 11.3 Å². The van der Waals surface area contributed by atoms with E-state index in [-0.39, 0.29) is 0 Å². The molecule has 0 amide bonds. The Labute approximate surface area is 212 Å². The third-order valence-corrected chi connectivity index (χ3v) is 8.53. The second kappa shape index (κ2) is 7.55. The smallest absolute Gasteiger partial charge is 0.0548 e. The normalized spacial score (nSPS) is 11.9. The van der Waals surface area contributed by atoms with Crippen LogP contribution in [0, 0.1) is 0 Å². The molecule has 0 radical (unpaired) electrons. The number of rotatable bonds is 2. The van der Waals surface area contributed by atoms with E-state index in [1.165, 1.54) is 69.6 Å². The Bertz CT molecular complexity index is 2090. The highest BCUT2D eigenvalue weighted by Gasteiger charge is 2.17. The van der Waals surface area contributed by atoms with Crippen LogP contribution in [0.25, 0.3) is 69.6 Å². The molecule has 1 nitrogen and oxygen atoms in total. The van der Waals surface area contributed by atoms with Gasteiger partial charge in [-0.25, -0.2) is 0 Å². The van der Waals surface area contributed by atoms with Crippen molar-refractivity contribution in [1.29, 1.82) is 0 Å². The van der Waals surface area contributed by atoms with E-state index >= 15 is 0 Å². The van der Waals surface area contributed by atoms with Crippen LogP contribution < -0.4 is 0 Å². The van der Waals surface area contributed by atoms with E-state index in [0.717, 1.165) is 0 Å². The van der Waals surface area contributed by atoms with Gasteiger partial charge in [0.15, 0.2) is 0 Å². The lowest BCUT2D eigenvalue weighted by atomic mass is 9.97. The highest BCUT2D eigenvalue weighted by molar-refractivity contribution is 7.25. The molecule has 0 N–H and O–H groups in total. The average Bonchev–Trinajstić information content (AvgIpc) is 3.46. The molecule has 0 aliphatic heterocycles. The van der Waals surface area contributed by atoms with Crippen LogP contribution in [-0.4, -0.2) is 4.57 Å². The van der Waals surface area contributed by atoms with E-state index in [2.05, 4.69) is 132 Å². The molecule has 0 aliphatic carbocycles. The Balaban J connectivity index is 1.52. The second-order valence-corrected chi connectivity index (χ2v) is 10.4. The summed E-state index contributed by atoms with van der Waals surface area (Å²) in [6.45, 7) is 0. The van der Waals surface area contributed by atoms with Gasteiger partial charge in [0.2, 0.25) is 0 Å². The molecule has 2 heterocycles. The molecule has 2 heteroatoms. The maximum atomic E-state index is 2.47. The van der Waals surface area contributed by atoms with Gasteiger partial charge in [0, 0.05) is 36.3 Å². The maximum absolute atomic E-state index is 2.47. The lowest BCUT2D eigenvalue weighted by Crippen LogP contribution is -1.96. The Morgan fingerprint density at radius 1 is 0.417 bits per heavy atom. The van der Waals surface area contributed by atoms with Gasteiger partial charge in [-0.05, 0) is 46.8 Å². The Morgan fingerprint density at radius 3 is 1.97 bits per heavy atom. The van der Waals surface area contributed by atoms with Crippen LogP contribution in [0.3, 0.4) is 0 Å². The van der Waals surface area contributed by atoms with Gasteiger partial charge in [0.25, 0.3) is 0 Å². The maximum Gasteiger partial charge on any atom is 0.0548 e. The first kappa shape index (κ1) is 19.9. The quantitative estimate of drug-likeness (QED) is 0.234. The predicted octanol–water partition coefficient (Wildman–Crippen LogP) is 9.97. The van der Waals surface area contributed by atoms with Crippen molar-refractivity contribution in [3.8, 4) is 16.8 Å². The monoisotopic (exact) mass is 475 g/mol. The Morgan fingerprint density at radius 2 is 1.11 bits per heavy atom. The minimum absolute atomic E-state index is 1.22. The number of fused-ring (bicyclic) bond motifs is 7. The summed E-state index contributed by atoms with van der Waals surface area (Å²) in [5.41, 5.74) is 6.23. The Hall–Kier alpha value is -4.40. The molecule has 0 unspecified atom stereocenters. The van der Waals surface area contributed by atoms with E-state index in [0.29, 0.717) is 0 Å². The topological polar surface area (TPSA) is 4.93 Å². The minimum atomic E-state index is 1.22. The fourth-order valence-electron chi connectivity index (χ4n) is 5.79. The van der Waals surface area contributed by atoms with Crippen LogP contribution in [-0.2, 0) is 0 Å². The summed E-state index contributed by atoms with van der Waals surface area (Å²) in [6, 6.07) is 46.4. The number of benzene rings is 6. The summed E-state index contributed by atoms with van der Waals surface area (Å²) in [4.78, 5) is 0. The zero-order chi connectivity index (χ0) is 23.6. The summed E-state index contributed by atoms with van der Waals surface area (Å²) in [6.07, 6.45) is 0. The molecule has 168 valence electrons. The third kappa shape index (κ3) is 2.76. The number of hydrogen-bond acceptors (Lipinski definition) is 1. The fourth-order valence-corrected chi connectivity index (χ4v) is 6.92. The summed E-state index contributed by atoms with van der Waals surface area (Å²) < 4.78 is 5.15. The van der Waals surface area contributed by atoms with Gasteiger partial charge in [-0.3, -0.25) is 0 Å². The number of para-hydroxylation sites is 1. The number of hydrogen-bond donors (Lipinski definition) is 0. The second-order valence-electron chi connectivity index (χ2n) is 9.36. The SMILES string of the molecule is c1ccc(-c2ccc(-n3c4ccccc4c4cc5sc6ccccc6c5cc43)c3ccccc23)cc1. The van der Waals surface area contributed by atoms with Gasteiger partial charge in [0.1, 0.15) is 0 Å². The zero-order valence-electron chi connectivity index (χ0n) is 19.5. The van der Waals surface area contributed by atoms with Gasteiger partial charge in [-0.2, -0.15) is 0 Å². The van der Waals surface area contributed by atoms with Crippen molar-refractivity contribution >= 4 is 64.1 Å². The summed E-state index contributed by atoms with van der Waals surface area (Å²) in [5, 5.41) is 7.80. The molecule has 8 aromatic rings. The fraction of sp³-hybridized carbons (Fsp3) is 0. The number of nitrogens with zero attached hydrogens (tertiary/aromatic N) is 1. The lowest BCUT2D eigenvalue weighted by Gasteiger charge is -2.15.